The molecule has 0 fully saturated rings. The van der Waals surface area contributed by atoms with Gasteiger partial charge >= 0.3 is 0 Å². The van der Waals surface area contributed by atoms with Crippen molar-refractivity contribution in [3.8, 4) is 0 Å². The monoisotopic (exact) mass is 332 g/mol. The largest absolute Gasteiger partial charge is 0.354 e. The van der Waals surface area contributed by atoms with Crippen molar-refractivity contribution in [3.63, 3.8) is 0 Å². The van der Waals surface area contributed by atoms with Gasteiger partial charge in [0.15, 0.2) is 0 Å². The highest BCUT2D eigenvalue weighted by Crippen LogP contribution is 2.23. The first kappa shape index (κ1) is 17.2. The molecule has 1 heterocycles. The second kappa shape index (κ2) is 8.48. The lowest BCUT2D eigenvalue weighted by Crippen LogP contribution is -2.16. The quantitative estimate of drug-likeness (QED) is 0.742. The molecule has 0 aliphatic heterocycles. The molecule has 0 saturated carbocycles. The van der Waals surface area contributed by atoms with E-state index in [-0.39, 0.29) is 5.91 Å². The van der Waals surface area contributed by atoms with Crippen LogP contribution in [0.25, 0.3) is 0 Å². The molecule has 0 aliphatic rings. The van der Waals surface area contributed by atoms with Crippen molar-refractivity contribution < 1.29 is 4.79 Å². The maximum atomic E-state index is 12.3. The van der Waals surface area contributed by atoms with Gasteiger partial charge in [0, 0.05) is 23.5 Å². The fourth-order valence-corrected chi connectivity index (χ4v) is 2.25. The number of unbranched alkanes of at least 4 members (excludes halogenated alkanes) is 2. The number of benzene rings is 1. The Kier molecular flexibility index (Phi) is 6.35. The summed E-state index contributed by atoms with van der Waals surface area (Å²) in [5, 5.41) is 6.58. The minimum Gasteiger partial charge on any atom is -0.354 e. The number of aromatic nitrogens is 2. The maximum absolute atomic E-state index is 12.3. The molecule has 2 aromatic rings. The molecule has 6 heteroatoms. The van der Waals surface area contributed by atoms with Gasteiger partial charge in [0.2, 0.25) is 5.95 Å². The first-order valence-electron chi connectivity index (χ1n) is 7.75. The SMILES string of the molecule is CCCCCNc1nccc(C(=O)Nc2cccc(Cl)c2C)n1. The number of halogens is 1. The number of anilines is 2. The number of carbonyl (C=O) groups is 1. The number of rotatable bonds is 7. The molecule has 0 saturated heterocycles. The number of carbonyl (C=O) groups excluding carboxylic acids is 1. The van der Waals surface area contributed by atoms with Gasteiger partial charge in [0.05, 0.1) is 0 Å². The van der Waals surface area contributed by atoms with Gasteiger partial charge in [-0.15, -0.1) is 0 Å². The van der Waals surface area contributed by atoms with Crippen LogP contribution in [0.1, 0.15) is 42.2 Å². The van der Waals surface area contributed by atoms with Gasteiger partial charge in [-0.3, -0.25) is 4.79 Å². The predicted octanol–water partition coefficient (Wildman–Crippen LogP) is 4.29. The van der Waals surface area contributed by atoms with Crippen LogP contribution in [-0.2, 0) is 0 Å². The molecule has 0 unspecified atom stereocenters. The van der Waals surface area contributed by atoms with Crippen LogP contribution in [0.2, 0.25) is 5.02 Å². The second-order valence-corrected chi connectivity index (χ2v) is 5.67. The fourth-order valence-electron chi connectivity index (χ4n) is 2.07. The Hall–Kier alpha value is -2.14. The van der Waals surface area contributed by atoms with Crippen molar-refractivity contribution >= 4 is 29.1 Å². The van der Waals surface area contributed by atoms with E-state index >= 15 is 0 Å². The average molecular weight is 333 g/mol. The average Bonchev–Trinajstić information content (AvgIpc) is 2.56. The van der Waals surface area contributed by atoms with Crippen LogP contribution in [-0.4, -0.2) is 22.4 Å². The van der Waals surface area contributed by atoms with E-state index in [1.165, 1.54) is 0 Å². The summed E-state index contributed by atoms with van der Waals surface area (Å²) in [6, 6.07) is 6.98. The summed E-state index contributed by atoms with van der Waals surface area (Å²) in [4.78, 5) is 20.7. The highest BCUT2D eigenvalue weighted by Gasteiger charge is 2.11. The third-order valence-electron chi connectivity index (χ3n) is 3.47. The molecule has 2 N–H and O–H groups in total. The lowest BCUT2D eigenvalue weighted by atomic mass is 10.2. The van der Waals surface area contributed by atoms with Crippen LogP contribution >= 0.6 is 11.6 Å². The molecular formula is C17H21ClN4O. The van der Waals surface area contributed by atoms with Crippen molar-refractivity contribution in [2.45, 2.75) is 33.1 Å². The lowest BCUT2D eigenvalue weighted by Gasteiger charge is -2.10. The van der Waals surface area contributed by atoms with E-state index in [4.69, 9.17) is 11.6 Å². The van der Waals surface area contributed by atoms with Gasteiger partial charge < -0.3 is 10.6 Å². The van der Waals surface area contributed by atoms with Gasteiger partial charge in [-0.05, 0) is 37.1 Å². The predicted molar refractivity (Wildman–Crippen MR) is 94.2 cm³/mol. The number of hydrogen-bond donors (Lipinski definition) is 2. The topological polar surface area (TPSA) is 66.9 Å². The van der Waals surface area contributed by atoms with Crippen molar-refractivity contribution in [3.05, 3.63) is 46.7 Å². The van der Waals surface area contributed by atoms with Gasteiger partial charge in [-0.25, -0.2) is 9.97 Å². The maximum Gasteiger partial charge on any atom is 0.274 e. The summed E-state index contributed by atoms with van der Waals surface area (Å²) in [6.07, 6.45) is 4.94. The van der Waals surface area contributed by atoms with Crippen LogP contribution in [0.15, 0.2) is 30.5 Å². The Morgan fingerprint density at radius 2 is 2.09 bits per heavy atom. The van der Waals surface area contributed by atoms with Gasteiger partial charge in [0.1, 0.15) is 5.69 Å². The molecule has 0 bridgehead atoms. The molecule has 0 radical (unpaired) electrons. The van der Waals surface area contributed by atoms with Crippen LogP contribution in [0.4, 0.5) is 11.6 Å². The zero-order chi connectivity index (χ0) is 16.7. The first-order chi connectivity index (χ1) is 11.1. The van der Waals surface area contributed by atoms with Crippen molar-refractivity contribution in [1.29, 1.82) is 0 Å². The number of amides is 1. The van der Waals surface area contributed by atoms with Crippen molar-refractivity contribution in [2.75, 3.05) is 17.2 Å². The number of nitrogens with zero attached hydrogens (tertiary/aromatic N) is 2. The Bertz CT molecular complexity index is 675. The molecular weight excluding hydrogens is 312 g/mol. The molecule has 1 aromatic carbocycles. The molecule has 1 amide bonds. The van der Waals surface area contributed by atoms with E-state index in [0.29, 0.717) is 22.4 Å². The summed E-state index contributed by atoms with van der Waals surface area (Å²) in [6.45, 7) is 4.81. The van der Waals surface area contributed by atoms with Gasteiger partial charge in [-0.2, -0.15) is 0 Å². The zero-order valence-electron chi connectivity index (χ0n) is 13.4. The van der Waals surface area contributed by atoms with Gasteiger partial charge in [0.25, 0.3) is 5.91 Å². The Morgan fingerprint density at radius 3 is 2.87 bits per heavy atom. The van der Waals surface area contributed by atoms with E-state index in [1.54, 1.807) is 24.4 Å². The summed E-state index contributed by atoms with van der Waals surface area (Å²) in [5.74, 6) is 0.186. The smallest absolute Gasteiger partial charge is 0.274 e. The van der Waals surface area contributed by atoms with Crippen molar-refractivity contribution in [1.82, 2.24) is 9.97 Å². The lowest BCUT2D eigenvalue weighted by molar-refractivity contribution is 0.102. The summed E-state index contributed by atoms with van der Waals surface area (Å²) >= 11 is 6.06. The second-order valence-electron chi connectivity index (χ2n) is 5.27. The first-order valence-corrected chi connectivity index (χ1v) is 8.13. The number of nitrogens with one attached hydrogen (secondary N) is 2. The molecule has 0 spiro atoms. The normalized spacial score (nSPS) is 10.4. The molecule has 5 nitrogen and oxygen atoms in total. The highest BCUT2D eigenvalue weighted by atomic mass is 35.5. The van der Waals surface area contributed by atoms with Crippen LogP contribution in [0, 0.1) is 6.92 Å². The Balaban J connectivity index is 2.03. The summed E-state index contributed by atoms with van der Waals surface area (Å²) < 4.78 is 0. The van der Waals surface area contributed by atoms with E-state index in [1.807, 2.05) is 13.0 Å². The van der Waals surface area contributed by atoms with E-state index < -0.39 is 0 Å². The Labute approximate surface area is 141 Å². The van der Waals surface area contributed by atoms with Gasteiger partial charge in [-0.1, -0.05) is 37.4 Å². The van der Waals surface area contributed by atoms with Crippen LogP contribution in [0.5, 0.6) is 0 Å². The minimum atomic E-state index is -0.283. The molecule has 2 rings (SSSR count). The van der Waals surface area contributed by atoms with Crippen molar-refractivity contribution in [2.24, 2.45) is 0 Å². The molecule has 0 atom stereocenters. The van der Waals surface area contributed by atoms with E-state index in [0.717, 1.165) is 31.4 Å². The minimum absolute atomic E-state index is 0.283. The summed E-state index contributed by atoms with van der Waals surface area (Å²) in [5.41, 5.74) is 1.82. The number of hydrogen-bond acceptors (Lipinski definition) is 4. The standard InChI is InChI=1S/C17H21ClN4O/c1-3-4-5-10-19-17-20-11-9-15(22-17)16(23)21-14-8-6-7-13(18)12(14)2/h6-9,11H,3-5,10H2,1-2H3,(H,21,23)(H,19,20,22). The van der Waals surface area contributed by atoms with E-state index in [2.05, 4.69) is 27.5 Å². The summed E-state index contributed by atoms with van der Waals surface area (Å²) in [7, 11) is 0. The fraction of sp³-hybridized carbons (Fsp3) is 0.353. The third-order valence-corrected chi connectivity index (χ3v) is 3.88. The zero-order valence-corrected chi connectivity index (χ0v) is 14.2. The highest BCUT2D eigenvalue weighted by molar-refractivity contribution is 6.31. The molecule has 23 heavy (non-hydrogen) atoms. The van der Waals surface area contributed by atoms with E-state index in [9.17, 15) is 4.79 Å². The Morgan fingerprint density at radius 1 is 1.26 bits per heavy atom. The molecule has 0 aliphatic carbocycles. The van der Waals surface area contributed by atoms with Crippen LogP contribution in [0.3, 0.4) is 0 Å². The molecule has 122 valence electrons. The third kappa shape index (κ3) is 4.93. The molecule has 1 aromatic heterocycles. The van der Waals surface area contributed by atoms with Crippen LogP contribution < -0.4 is 10.6 Å².